The fourth-order valence-corrected chi connectivity index (χ4v) is 3.98. The zero-order valence-electron chi connectivity index (χ0n) is 17.3. The summed E-state index contributed by atoms with van der Waals surface area (Å²) in [6.07, 6.45) is 0. The van der Waals surface area contributed by atoms with Gasteiger partial charge in [-0.1, -0.05) is 41.4 Å². The van der Waals surface area contributed by atoms with E-state index in [0.29, 0.717) is 28.9 Å². The molecule has 0 unspecified atom stereocenters. The van der Waals surface area contributed by atoms with Crippen LogP contribution in [-0.4, -0.2) is 42.2 Å². The third-order valence-corrected chi connectivity index (χ3v) is 6.24. The molecule has 0 aliphatic heterocycles. The summed E-state index contributed by atoms with van der Waals surface area (Å²) in [5.74, 6) is 1.34. The van der Waals surface area contributed by atoms with Crippen molar-refractivity contribution in [1.82, 2.24) is 10.2 Å². The molecule has 0 aliphatic rings. The van der Waals surface area contributed by atoms with E-state index in [0.717, 1.165) is 16.9 Å². The third-order valence-electron chi connectivity index (χ3n) is 4.51. The monoisotopic (exact) mass is 468 g/mol. The second-order valence-electron chi connectivity index (χ2n) is 6.68. The highest BCUT2D eigenvalue weighted by Crippen LogP contribution is 2.25. The van der Waals surface area contributed by atoms with Gasteiger partial charge in [-0.2, -0.15) is 0 Å². The molecule has 0 aromatic heterocycles. The smallest absolute Gasteiger partial charge is 0.242 e. The van der Waals surface area contributed by atoms with Gasteiger partial charge in [0.1, 0.15) is 11.8 Å². The van der Waals surface area contributed by atoms with Crippen LogP contribution in [0, 0.1) is 0 Å². The molecule has 2 aromatic carbocycles. The molecular formula is C22H26Cl2N2O3S. The van der Waals surface area contributed by atoms with E-state index in [1.807, 2.05) is 37.3 Å². The SMILES string of the molecule is CCNC(=O)[C@H](C)N(Cc1ccc(OC)cc1)C(=O)CSCc1ccc(Cl)c(Cl)c1. The molecule has 0 saturated carbocycles. The fraction of sp³-hybridized carbons (Fsp3) is 0.364. The number of benzene rings is 2. The minimum absolute atomic E-state index is 0.102. The zero-order chi connectivity index (χ0) is 22.1. The normalized spacial score (nSPS) is 11.6. The fourth-order valence-electron chi connectivity index (χ4n) is 2.80. The molecule has 162 valence electrons. The lowest BCUT2D eigenvalue weighted by atomic mass is 10.1. The number of halogens is 2. The van der Waals surface area contributed by atoms with Crippen molar-refractivity contribution in [3.8, 4) is 5.75 Å². The number of hydrogen-bond donors (Lipinski definition) is 1. The van der Waals surface area contributed by atoms with Crippen LogP contribution in [0.15, 0.2) is 42.5 Å². The Hall–Kier alpha value is -1.89. The number of hydrogen-bond acceptors (Lipinski definition) is 4. The molecule has 8 heteroatoms. The Balaban J connectivity index is 2.06. The predicted molar refractivity (Wildman–Crippen MR) is 124 cm³/mol. The van der Waals surface area contributed by atoms with Gasteiger partial charge in [0.15, 0.2) is 0 Å². The molecule has 1 atom stereocenters. The van der Waals surface area contributed by atoms with Gasteiger partial charge in [-0.3, -0.25) is 9.59 Å². The summed E-state index contributed by atoms with van der Waals surface area (Å²) in [5.41, 5.74) is 1.91. The number of nitrogens with one attached hydrogen (secondary N) is 1. The van der Waals surface area contributed by atoms with Crippen molar-refractivity contribution in [1.29, 1.82) is 0 Å². The highest BCUT2D eigenvalue weighted by Gasteiger charge is 2.25. The average molecular weight is 469 g/mol. The minimum atomic E-state index is -0.579. The van der Waals surface area contributed by atoms with E-state index < -0.39 is 6.04 Å². The molecule has 0 heterocycles. The van der Waals surface area contributed by atoms with E-state index in [4.69, 9.17) is 27.9 Å². The van der Waals surface area contributed by atoms with Crippen LogP contribution in [-0.2, 0) is 21.9 Å². The van der Waals surface area contributed by atoms with Crippen molar-refractivity contribution in [2.45, 2.75) is 32.2 Å². The Morgan fingerprint density at radius 3 is 2.37 bits per heavy atom. The molecule has 0 radical (unpaired) electrons. The second kappa shape index (κ2) is 12.1. The van der Waals surface area contributed by atoms with E-state index in [1.165, 1.54) is 11.8 Å². The third kappa shape index (κ3) is 7.11. The van der Waals surface area contributed by atoms with Crippen LogP contribution in [0.1, 0.15) is 25.0 Å². The van der Waals surface area contributed by atoms with Crippen molar-refractivity contribution >= 4 is 46.8 Å². The molecule has 30 heavy (non-hydrogen) atoms. The molecule has 0 saturated heterocycles. The summed E-state index contributed by atoms with van der Waals surface area (Å²) >= 11 is 13.5. The molecule has 0 bridgehead atoms. The summed E-state index contributed by atoms with van der Waals surface area (Å²) in [6, 6.07) is 12.3. The molecule has 2 rings (SSSR count). The maximum atomic E-state index is 13.0. The molecule has 0 fully saturated rings. The van der Waals surface area contributed by atoms with E-state index in [9.17, 15) is 9.59 Å². The van der Waals surface area contributed by atoms with Crippen LogP contribution < -0.4 is 10.1 Å². The van der Waals surface area contributed by atoms with Crippen LogP contribution in [0.5, 0.6) is 5.75 Å². The van der Waals surface area contributed by atoms with Crippen LogP contribution in [0.3, 0.4) is 0 Å². The molecule has 0 spiro atoms. The van der Waals surface area contributed by atoms with Crippen molar-refractivity contribution < 1.29 is 14.3 Å². The van der Waals surface area contributed by atoms with Gasteiger partial charge < -0.3 is 15.0 Å². The molecule has 5 nitrogen and oxygen atoms in total. The standard InChI is InChI=1S/C22H26Cl2N2O3S/c1-4-25-22(28)15(2)26(12-16-5-8-18(29-3)9-6-16)21(27)14-30-13-17-7-10-19(23)20(24)11-17/h5-11,15H,4,12-14H2,1-3H3,(H,25,28)/t15-/m0/s1. The summed E-state index contributed by atoms with van der Waals surface area (Å²) < 4.78 is 5.18. The van der Waals surface area contributed by atoms with Crippen molar-refractivity contribution in [2.24, 2.45) is 0 Å². The number of thioether (sulfide) groups is 1. The summed E-state index contributed by atoms with van der Waals surface area (Å²) in [7, 11) is 1.60. The van der Waals surface area contributed by atoms with E-state index >= 15 is 0 Å². The number of carbonyl (C=O) groups excluding carboxylic acids is 2. The number of amides is 2. The van der Waals surface area contributed by atoms with Crippen molar-refractivity contribution in [3.63, 3.8) is 0 Å². The van der Waals surface area contributed by atoms with Crippen molar-refractivity contribution in [3.05, 3.63) is 63.6 Å². The Labute approximate surface area is 192 Å². The first-order valence-corrected chi connectivity index (χ1v) is 11.5. The highest BCUT2D eigenvalue weighted by molar-refractivity contribution is 7.99. The molecular weight excluding hydrogens is 443 g/mol. The zero-order valence-corrected chi connectivity index (χ0v) is 19.6. The van der Waals surface area contributed by atoms with Gasteiger partial charge in [-0.05, 0) is 49.2 Å². The number of nitrogens with zero attached hydrogens (tertiary/aromatic N) is 1. The molecule has 2 amide bonds. The van der Waals surface area contributed by atoms with E-state index in [2.05, 4.69) is 5.32 Å². The maximum absolute atomic E-state index is 13.0. The van der Waals surface area contributed by atoms with Gasteiger partial charge in [0.2, 0.25) is 11.8 Å². The Bertz CT molecular complexity index is 862. The lowest BCUT2D eigenvalue weighted by molar-refractivity contribution is -0.138. The van der Waals surface area contributed by atoms with Crippen molar-refractivity contribution in [2.75, 3.05) is 19.4 Å². The average Bonchev–Trinajstić information content (AvgIpc) is 2.74. The topological polar surface area (TPSA) is 58.6 Å². The van der Waals surface area contributed by atoms with Gasteiger partial charge in [-0.15, -0.1) is 11.8 Å². The second-order valence-corrected chi connectivity index (χ2v) is 8.48. The first kappa shape index (κ1) is 24.4. The van der Waals surface area contributed by atoms with Crippen LogP contribution in [0.25, 0.3) is 0 Å². The van der Waals surface area contributed by atoms with E-state index in [1.54, 1.807) is 31.1 Å². The largest absolute Gasteiger partial charge is 0.497 e. The Morgan fingerprint density at radius 1 is 1.10 bits per heavy atom. The first-order valence-electron chi connectivity index (χ1n) is 9.57. The lowest BCUT2D eigenvalue weighted by Crippen LogP contribution is -2.48. The molecule has 0 aliphatic carbocycles. The van der Waals surface area contributed by atoms with Gasteiger partial charge in [0, 0.05) is 18.8 Å². The van der Waals surface area contributed by atoms with Crippen LogP contribution in [0.4, 0.5) is 0 Å². The van der Waals surface area contributed by atoms with Gasteiger partial charge >= 0.3 is 0 Å². The van der Waals surface area contributed by atoms with Crippen LogP contribution in [0.2, 0.25) is 10.0 Å². The number of carbonyl (C=O) groups is 2. The van der Waals surface area contributed by atoms with Crippen LogP contribution >= 0.6 is 35.0 Å². The van der Waals surface area contributed by atoms with Gasteiger partial charge in [0.05, 0.1) is 22.9 Å². The highest BCUT2D eigenvalue weighted by atomic mass is 35.5. The maximum Gasteiger partial charge on any atom is 0.242 e. The van der Waals surface area contributed by atoms with Gasteiger partial charge in [0.25, 0.3) is 0 Å². The number of likely N-dealkylation sites (N-methyl/N-ethyl adjacent to an activating group) is 1. The minimum Gasteiger partial charge on any atom is -0.497 e. The molecule has 1 N–H and O–H groups in total. The summed E-state index contributed by atoms with van der Waals surface area (Å²) in [6.45, 7) is 4.46. The number of rotatable bonds is 10. The lowest BCUT2D eigenvalue weighted by Gasteiger charge is -2.28. The summed E-state index contributed by atoms with van der Waals surface area (Å²) in [5, 5.41) is 3.79. The first-order chi connectivity index (χ1) is 14.3. The van der Waals surface area contributed by atoms with Gasteiger partial charge in [-0.25, -0.2) is 0 Å². The van der Waals surface area contributed by atoms with E-state index in [-0.39, 0.29) is 17.6 Å². The summed E-state index contributed by atoms with van der Waals surface area (Å²) in [4.78, 5) is 27.0. The Morgan fingerprint density at radius 2 is 1.77 bits per heavy atom. The predicted octanol–water partition coefficient (Wildman–Crippen LogP) is 4.79. The molecule has 2 aromatic rings. The number of ether oxygens (including phenoxy) is 1. The number of methoxy groups -OCH3 is 1. The quantitative estimate of drug-likeness (QED) is 0.544. The Kier molecular flexibility index (Phi) is 9.82.